The molecule has 1 aliphatic rings. The normalized spacial score (nSPS) is 13.2. The van der Waals surface area contributed by atoms with Crippen LogP contribution in [0, 0.1) is 30.1 Å². The minimum Gasteiger partial charge on any atom is -0.509 e. The van der Waals surface area contributed by atoms with E-state index < -0.39 is 0 Å². The van der Waals surface area contributed by atoms with Gasteiger partial charge in [0.15, 0.2) is 0 Å². The van der Waals surface area contributed by atoms with E-state index in [0.717, 1.165) is 61.5 Å². The summed E-state index contributed by atoms with van der Waals surface area (Å²) in [4.78, 5) is 9.49. The van der Waals surface area contributed by atoms with Gasteiger partial charge in [-0.2, -0.15) is 17.4 Å². The molecule has 7 heteroatoms. The fraction of sp³-hybridized carbons (Fsp3) is 0.271. The van der Waals surface area contributed by atoms with Gasteiger partial charge in [-0.05, 0) is 109 Å². The molecule has 0 aliphatic carbocycles. The van der Waals surface area contributed by atoms with E-state index in [1.54, 1.807) is 0 Å². The number of fused-ring (bicyclic) bond motifs is 4. The Morgan fingerprint density at radius 2 is 1.21 bits per heavy atom. The number of nitrogens with zero attached hydrogens (tertiary/aromatic N) is 5. The number of hydrogen-bond donors (Lipinski definition) is 0. The van der Waals surface area contributed by atoms with Gasteiger partial charge >= 0.3 is 0 Å². The maximum Gasteiger partial charge on any atom is 0.135 e. The third kappa shape index (κ3) is 8.67. The topological polar surface area (TPSA) is 57.3 Å². The van der Waals surface area contributed by atoms with Crippen LogP contribution in [-0.4, -0.2) is 9.55 Å². The first-order valence-electron chi connectivity index (χ1n) is 22.6. The molecule has 0 amide bonds. The predicted molar refractivity (Wildman–Crippen MR) is 269 cm³/mol. The number of ether oxygens (including phenoxy) is 1. The first-order chi connectivity index (χ1) is 30.7. The summed E-state index contributed by atoms with van der Waals surface area (Å²) in [6.07, 6.45) is 1.88. The molecule has 9 rings (SSSR count). The zero-order valence-electron chi connectivity index (χ0n) is 40.2. The molecular formula is C59H58N5OPt-3. The second-order valence-corrected chi connectivity index (χ2v) is 21.5. The minimum absolute atomic E-state index is 0. The number of nitriles is 1. The molecule has 0 unspecified atom stereocenters. The Labute approximate surface area is 406 Å². The average molecular weight is 1050 g/mol. The molecular weight excluding hydrogens is 990 g/mol. The third-order valence-electron chi connectivity index (χ3n) is 12.6. The van der Waals surface area contributed by atoms with Gasteiger partial charge in [-0.15, -0.1) is 48.1 Å². The average Bonchev–Trinajstić information content (AvgIpc) is 3.81. The van der Waals surface area contributed by atoms with E-state index in [1.165, 1.54) is 22.3 Å². The SMILES string of the molecule is CC(C)(C)c1cc(N2[CH-]N(c3[c-]c(Oc4[c-]c5c(cc4)c4c(-c6ccccc6C#N)cccc4n5-c4cc(C(C)(C)C)ccn4)ccc3)c3cc(C(C)(C)C)ccc32)cc(C(C)(C)C)c1.[Pt]. The van der Waals surface area contributed by atoms with Crippen molar-refractivity contribution in [1.82, 2.24) is 9.55 Å². The summed E-state index contributed by atoms with van der Waals surface area (Å²) < 4.78 is 8.91. The van der Waals surface area contributed by atoms with E-state index in [-0.39, 0.29) is 42.7 Å². The van der Waals surface area contributed by atoms with Gasteiger partial charge in [0.2, 0.25) is 0 Å². The molecule has 1 aliphatic heterocycles. The molecule has 0 spiro atoms. The van der Waals surface area contributed by atoms with Crippen molar-refractivity contribution in [2.75, 3.05) is 9.80 Å². The fourth-order valence-corrected chi connectivity index (χ4v) is 8.71. The second kappa shape index (κ2) is 16.9. The van der Waals surface area contributed by atoms with Crippen molar-refractivity contribution in [1.29, 1.82) is 5.26 Å². The zero-order valence-corrected chi connectivity index (χ0v) is 42.4. The van der Waals surface area contributed by atoms with Crippen molar-refractivity contribution in [2.45, 2.75) is 105 Å². The maximum absolute atomic E-state index is 10.2. The van der Waals surface area contributed by atoms with Crippen LogP contribution in [0.4, 0.5) is 22.7 Å². The van der Waals surface area contributed by atoms with E-state index >= 15 is 0 Å². The van der Waals surface area contributed by atoms with Gasteiger partial charge < -0.3 is 19.1 Å². The van der Waals surface area contributed by atoms with Gasteiger partial charge in [-0.25, -0.2) is 4.98 Å². The molecule has 0 radical (unpaired) electrons. The monoisotopic (exact) mass is 1050 g/mol. The largest absolute Gasteiger partial charge is 0.509 e. The van der Waals surface area contributed by atoms with Gasteiger partial charge in [0.25, 0.3) is 0 Å². The Hall–Kier alpha value is -6.15. The van der Waals surface area contributed by atoms with Crippen LogP contribution in [0.15, 0.2) is 128 Å². The summed E-state index contributed by atoms with van der Waals surface area (Å²) in [6, 6.07) is 52.0. The molecule has 0 atom stereocenters. The molecule has 6 nitrogen and oxygen atoms in total. The van der Waals surface area contributed by atoms with Gasteiger partial charge in [-0.1, -0.05) is 131 Å². The van der Waals surface area contributed by atoms with E-state index in [0.29, 0.717) is 17.1 Å². The van der Waals surface area contributed by atoms with Crippen LogP contribution in [0.3, 0.4) is 0 Å². The third-order valence-corrected chi connectivity index (χ3v) is 12.6. The molecule has 0 bridgehead atoms. The van der Waals surface area contributed by atoms with Gasteiger partial charge in [0.05, 0.1) is 11.6 Å². The van der Waals surface area contributed by atoms with Gasteiger partial charge in [-0.3, -0.25) is 0 Å². The number of aromatic nitrogens is 2. The minimum atomic E-state index is -0.0867. The molecule has 3 heterocycles. The second-order valence-electron chi connectivity index (χ2n) is 21.5. The first-order valence-corrected chi connectivity index (χ1v) is 22.6. The number of pyridine rings is 1. The molecule has 66 heavy (non-hydrogen) atoms. The summed E-state index contributed by atoms with van der Waals surface area (Å²) in [5.41, 5.74) is 13.3. The number of hydrogen-bond acceptors (Lipinski definition) is 5. The van der Waals surface area contributed by atoms with Crippen LogP contribution in [-0.2, 0) is 42.7 Å². The maximum atomic E-state index is 10.2. The number of benzene rings is 6. The van der Waals surface area contributed by atoms with Crippen molar-refractivity contribution in [2.24, 2.45) is 0 Å². The Balaban J connectivity index is 0.00000592. The van der Waals surface area contributed by atoms with Crippen LogP contribution >= 0.6 is 0 Å². The van der Waals surface area contributed by atoms with Crippen LogP contribution < -0.4 is 14.5 Å². The van der Waals surface area contributed by atoms with E-state index in [9.17, 15) is 5.26 Å². The summed E-state index contributed by atoms with van der Waals surface area (Å²) in [5.74, 6) is 1.91. The van der Waals surface area contributed by atoms with Crippen molar-refractivity contribution < 1.29 is 25.8 Å². The summed E-state index contributed by atoms with van der Waals surface area (Å²) in [6.45, 7) is 29.3. The summed E-state index contributed by atoms with van der Waals surface area (Å²) in [5, 5.41) is 12.2. The molecule has 8 aromatic rings. The van der Waals surface area contributed by atoms with E-state index in [1.807, 2.05) is 48.7 Å². The quantitative estimate of drug-likeness (QED) is 0.155. The Morgan fingerprint density at radius 1 is 0.576 bits per heavy atom. The smallest absolute Gasteiger partial charge is 0.135 e. The van der Waals surface area contributed by atoms with Crippen LogP contribution in [0.2, 0.25) is 0 Å². The predicted octanol–water partition coefficient (Wildman–Crippen LogP) is 15.7. The van der Waals surface area contributed by atoms with Crippen molar-refractivity contribution in [3.63, 3.8) is 0 Å². The van der Waals surface area contributed by atoms with Crippen molar-refractivity contribution >= 4 is 44.6 Å². The molecule has 0 fully saturated rings. The molecule has 0 N–H and O–H groups in total. The zero-order chi connectivity index (χ0) is 46.2. The van der Waals surface area contributed by atoms with E-state index in [4.69, 9.17) is 9.72 Å². The van der Waals surface area contributed by atoms with Crippen LogP contribution in [0.1, 0.15) is 111 Å². The van der Waals surface area contributed by atoms with Crippen molar-refractivity contribution in [3.8, 4) is 34.5 Å². The standard InChI is InChI=1S/C59H58N5O.Pt/c1-56(2,3)39-23-26-50-53(32-39)62(37-63(50)44-30-41(58(7,8)9)29-42(31-44)59(10,11)12)43-18-15-19-45(34-43)65-46-24-25-49-52(35-46)64(54-33-40(27-28-61-54)57(4,5)6)51-22-16-21-48(55(49)51)47-20-14-13-17-38(47)36-60;/h13-33,37H,1-12H3;/q-3;. The van der Waals surface area contributed by atoms with Crippen LogP contribution in [0.5, 0.6) is 11.5 Å². The molecule has 6 aromatic carbocycles. The van der Waals surface area contributed by atoms with E-state index in [2.05, 4.69) is 201 Å². The Morgan fingerprint density at radius 3 is 1.89 bits per heavy atom. The van der Waals surface area contributed by atoms with Gasteiger partial charge in [0, 0.05) is 61.3 Å². The van der Waals surface area contributed by atoms with Crippen molar-refractivity contribution in [3.05, 3.63) is 174 Å². The van der Waals surface area contributed by atoms with Crippen LogP contribution in [0.25, 0.3) is 38.8 Å². The van der Waals surface area contributed by atoms with Gasteiger partial charge in [0.1, 0.15) is 5.82 Å². The fourth-order valence-electron chi connectivity index (χ4n) is 8.71. The molecule has 0 saturated heterocycles. The number of rotatable bonds is 6. The Kier molecular flexibility index (Phi) is 11.9. The first kappa shape index (κ1) is 46.4. The molecule has 338 valence electrons. The summed E-state index contributed by atoms with van der Waals surface area (Å²) in [7, 11) is 0. The molecule has 2 aromatic heterocycles. The summed E-state index contributed by atoms with van der Waals surface area (Å²) >= 11 is 0. The Bertz CT molecular complexity index is 3150. The number of anilines is 4. The molecule has 0 saturated carbocycles.